The van der Waals surface area contributed by atoms with Crippen molar-refractivity contribution in [3.05, 3.63) is 53.6 Å². The lowest BCUT2D eigenvalue weighted by Gasteiger charge is -2.07. The van der Waals surface area contributed by atoms with Gasteiger partial charge in [-0.05, 0) is 18.2 Å². The number of sulfone groups is 1. The molecule has 0 saturated carbocycles. The molecule has 0 aliphatic carbocycles. The smallest absolute Gasteiger partial charge is 0.186 e. The minimum absolute atomic E-state index is 0.0318. The molecule has 0 saturated heterocycles. The van der Waals surface area contributed by atoms with E-state index in [-0.39, 0.29) is 22.0 Å². The molecule has 2 aromatic rings. The Labute approximate surface area is 118 Å². The third kappa shape index (κ3) is 2.52. The molecule has 0 amide bonds. The second kappa shape index (κ2) is 4.63. The maximum Gasteiger partial charge on any atom is 0.186 e. The molecule has 0 unspecified atom stereocenters. The minimum Gasteiger partial charge on any atom is -0.457 e. The normalized spacial score (nSPS) is 15.8. The minimum atomic E-state index is -3.58. The van der Waals surface area contributed by atoms with E-state index in [0.717, 1.165) is 12.1 Å². The van der Waals surface area contributed by atoms with Gasteiger partial charge in [0.05, 0.1) is 4.90 Å². The van der Waals surface area contributed by atoms with Crippen LogP contribution in [0.2, 0.25) is 0 Å². The van der Waals surface area contributed by atoms with Gasteiger partial charge in [0, 0.05) is 23.8 Å². The lowest BCUT2D eigenvalue weighted by molar-refractivity contribution is 0.102. The summed E-state index contributed by atoms with van der Waals surface area (Å²) in [5.74, 6) is -2.65. The first-order valence-corrected chi connectivity index (χ1v) is 7.54. The molecule has 4 nitrogen and oxygen atoms in total. The molecular formula is C14H8F2O4S. The lowest BCUT2D eigenvalue weighted by Crippen LogP contribution is -2.03. The average molecular weight is 310 g/mol. The number of halogens is 2. The fourth-order valence-corrected chi connectivity index (χ4v) is 3.55. The van der Waals surface area contributed by atoms with Gasteiger partial charge in [-0.25, -0.2) is 17.2 Å². The first-order chi connectivity index (χ1) is 9.85. The standard InChI is InChI=1S/C14H8F2O4S/c15-8-3-9(16)5-11(4-8)20-10-1-2-14-12(6-10)13(17)7-21(14,18)19/h1-6H,7H2. The molecule has 7 heteroatoms. The van der Waals surface area contributed by atoms with Crippen LogP contribution in [0.3, 0.4) is 0 Å². The molecule has 0 spiro atoms. The van der Waals surface area contributed by atoms with Crippen LogP contribution in [0, 0.1) is 11.6 Å². The maximum atomic E-state index is 13.1. The Kier molecular flexibility index (Phi) is 3.02. The number of ketones is 1. The Balaban J connectivity index is 1.99. The second-order valence-corrected chi connectivity index (χ2v) is 6.51. The van der Waals surface area contributed by atoms with E-state index in [2.05, 4.69) is 0 Å². The number of rotatable bonds is 2. The van der Waals surface area contributed by atoms with Gasteiger partial charge in [0.25, 0.3) is 0 Å². The molecular weight excluding hydrogens is 302 g/mol. The fourth-order valence-electron chi connectivity index (χ4n) is 2.11. The van der Waals surface area contributed by atoms with E-state index in [9.17, 15) is 22.0 Å². The quantitative estimate of drug-likeness (QED) is 0.855. The highest BCUT2D eigenvalue weighted by molar-refractivity contribution is 7.92. The van der Waals surface area contributed by atoms with Crippen molar-refractivity contribution >= 4 is 15.6 Å². The molecule has 1 aliphatic heterocycles. The van der Waals surface area contributed by atoms with Crippen molar-refractivity contribution in [1.29, 1.82) is 0 Å². The van der Waals surface area contributed by atoms with E-state index in [0.29, 0.717) is 6.07 Å². The summed E-state index contributed by atoms with van der Waals surface area (Å²) in [4.78, 5) is 11.6. The Hall–Kier alpha value is -2.28. The highest BCUT2D eigenvalue weighted by atomic mass is 32.2. The van der Waals surface area contributed by atoms with Gasteiger partial charge >= 0.3 is 0 Å². The molecule has 0 radical (unpaired) electrons. The average Bonchev–Trinajstić information content (AvgIpc) is 2.58. The van der Waals surface area contributed by atoms with Gasteiger partial charge in [0.15, 0.2) is 15.6 Å². The summed E-state index contributed by atoms with van der Waals surface area (Å²) in [6, 6.07) is 6.50. The summed E-state index contributed by atoms with van der Waals surface area (Å²) in [5, 5.41) is 0. The molecule has 1 aliphatic rings. The third-order valence-electron chi connectivity index (χ3n) is 2.98. The van der Waals surface area contributed by atoms with Crippen LogP contribution in [0.1, 0.15) is 10.4 Å². The lowest BCUT2D eigenvalue weighted by atomic mass is 10.1. The first kappa shape index (κ1) is 13.7. The fraction of sp³-hybridized carbons (Fsp3) is 0.0714. The van der Waals surface area contributed by atoms with Crippen LogP contribution in [-0.4, -0.2) is 20.0 Å². The molecule has 0 bridgehead atoms. The van der Waals surface area contributed by atoms with E-state index in [1.165, 1.54) is 18.2 Å². The topological polar surface area (TPSA) is 60.4 Å². The first-order valence-electron chi connectivity index (χ1n) is 5.89. The number of carbonyl (C=O) groups is 1. The molecule has 3 rings (SSSR count). The largest absolute Gasteiger partial charge is 0.457 e. The highest BCUT2D eigenvalue weighted by Gasteiger charge is 2.33. The number of fused-ring (bicyclic) bond motifs is 1. The van der Waals surface area contributed by atoms with Gasteiger partial charge in [-0.1, -0.05) is 0 Å². The van der Waals surface area contributed by atoms with Gasteiger partial charge in [-0.15, -0.1) is 0 Å². The zero-order chi connectivity index (χ0) is 15.2. The molecule has 2 aromatic carbocycles. The van der Waals surface area contributed by atoms with Crippen molar-refractivity contribution in [2.24, 2.45) is 0 Å². The Morgan fingerprint density at radius 2 is 1.62 bits per heavy atom. The van der Waals surface area contributed by atoms with Crippen LogP contribution in [0.5, 0.6) is 11.5 Å². The summed E-state index contributed by atoms with van der Waals surface area (Å²) >= 11 is 0. The van der Waals surface area contributed by atoms with Crippen molar-refractivity contribution in [2.45, 2.75) is 4.90 Å². The van der Waals surface area contributed by atoms with E-state index >= 15 is 0 Å². The van der Waals surface area contributed by atoms with Crippen molar-refractivity contribution in [3.63, 3.8) is 0 Å². The highest BCUT2D eigenvalue weighted by Crippen LogP contribution is 2.31. The zero-order valence-corrected chi connectivity index (χ0v) is 11.3. The summed E-state index contributed by atoms with van der Waals surface area (Å²) in [6.07, 6.45) is 0. The van der Waals surface area contributed by atoms with Crippen molar-refractivity contribution in [3.8, 4) is 11.5 Å². The number of ether oxygens (including phenoxy) is 1. The number of hydrogen-bond acceptors (Lipinski definition) is 4. The number of Topliss-reactive ketones (excluding diaryl/α,β-unsaturated/α-hetero) is 1. The summed E-state index contributed by atoms with van der Waals surface area (Å²) in [5.41, 5.74) is 0.0318. The van der Waals surface area contributed by atoms with E-state index in [4.69, 9.17) is 4.74 Å². The summed E-state index contributed by atoms with van der Waals surface area (Å²) in [6.45, 7) is 0. The van der Waals surface area contributed by atoms with Crippen LogP contribution in [0.15, 0.2) is 41.3 Å². The van der Waals surface area contributed by atoms with Crippen LogP contribution in [0.25, 0.3) is 0 Å². The van der Waals surface area contributed by atoms with Crippen LogP contribution in [-0.2, 0) is 9.84 Å². The molecule has 0 fully saturated rings. The van der Waals surface area contributed by atoms with E-state index < -0.39 is 33.0 Å². The van der Waals surface area contributed by atoms with Gasteiger partial charge in [-0.3, -0.25) is 4.79 Å². The van der Waals surface area contributed by atoms with E-state index in [1.807, 2.05) is 0 Å². The third-order valence-corrected chi connectivity index (χ3v) is 4.65. The van der Waals surface area contributed by atoms with Gasteiger partial charge < -0.3 is 4.74 Å². The molecule has 1 heterocycles. The van der Waals surface area contributed by atoms with E-state index in [1.54, 1.807) is 0 Å². The number of carbonyl (C=O) groups excluding carboxylic acids is 1. The van der Waals surface area contributed by atoms with Gasteiger partial charge in [0.1, 0.15) is 28.9 Å². The molecule has 0 aromatic heterocycles. The van der Waals surface area contributed by atoms with Crippen molar-refractivity contribution in [1.82, 2.24) is 0 Å². The molecule has 108 valence electrons. The van der Waals surface area contributed by atoms with Gasteiger partial charge in [-0.2, -0.15) is 0 Å². The SMILES string of the molecule is O=C1CS(=O)(=O)c2ccc(Oc3cc(F)cc(F)c3)cc21. The summed E-state index contributed by atoms with van der Waals surface area (Å²) < 4.78 is 54.7. The number of benzene rings is 2. The Bertz CT molecular complexity index is 839. The van der Waals surface area contributed by atoms with Crippen molar-refractivity contribution < 1.29 is 26.7 Å². The predicted molar refractivity (Wildman–Crippen MR) is 69.3 cm³/mol. The molecule has 21 heavy (non-hydrogen) atoms. The van der Waals surface area contributed by atoms with Crippen LogP contribution >= 0.6 is 0 Å². The molecule has 0 atom stereocenters. The summed E-state index contributed by atoms with van der Waals surface area (Å²) in [7, 11) is -3.58. The second-order valence-electron chi connectivity index (χ2n) is 4.55. The predicted octanol–water partition coefficient (Wildman–Crippen LogP) is 2.73. The van der Waals surface area contributed by atoms with Crippen LogP contribution in [0.4, 0.5) is 8.78 Å². The zero-order valence-electron chi connectivity index (χ0n) is 10.5. The van der Waals surface area contributed by atoms with Gasteiger partial charge in [0.2, 0.25) is 0 Å². The maximum absolute atomic E-state index is 13.1. The molecule has 0 N–H and O–H groups in total. The van der Waals surface area contributed by atoms with Crippen molar-refractivity contribution in [2.75, 3.05) is 5.75 Å². The monoisotopic (exact) mass is 310 g/mol. The Morgan fingerprint density at radius 1 is 0.952 bits per heavy atom. The van der Waals surface area contributed by atoms with Crippen LogP contribution < -0.4 is 4.74 Å². The Morgan fingerprint density at radius 3 is 2.29 bits per heavy atom. The number of hydrogen-bond donors (Lipinski definition) is 0.